The topological polar surface area (TPSA) is 67.6 Å². The molecule has 7 heteroatoms. The quantitative estimate of drug-likeness (QED) is 0.678. The molecular formula is C19H27Cl2N3O2. The van der Waals surface area contributed by atoms with Gasteiger partial charge < -0.3 is 20.7 Å². The first-order valence-electron chi connectivity index (χ1n) is 8.13. The zero-order chi connectivity index (χ0) is 17.2. The lowest BCUT2D eigenvalue weighted by molar-refractivity contribution is -0.129. The fraction of sp³-hybridized carbons (Fsp3) is 0.316. The van der Waals surface area contributed by atoms with E-state index in [1.807, 2.05) is 59.5 Å². The van der Waals surface area contributed by atoms with Crippen molar-refractivity contribution < 1.29 is 9.53 Å². The van der Waals surface area contributed by atoms with E-state index in [-0.39, 0.29) is 37.3 Å². The molecule has 0 aliphatic heterocycles. The number of hydrogen-bond acceptors (Lipinski definition) is 4. The van der Waals surface area contributed by atoms with Gasteiger partial charge in [-0.25, -0.2) is 0 Å². The third-order valence-corrected chi connectivity index (χ3v) is 3.74. The molecule has 0 bridgehead atoms. The van der Waals surface area contributed by atoms with Crippen molar-refractivity contribution in [3.63, 3.8) is 0 Å². The monoisotopic (exact) mass is 399 g/mol. The van der Waals surface area contributed by atoms with Gasteiger partial charge in [-0.05, 0) is 30.7 Å². The number of carbonyl (C=O) groups is 1. The molecule has 2 aromatic rings. The SMILES string of the molecule is COc1ccccc1NCC(=O)N(CCCN)Cc1ccccc1.Cl.Cl. The Bertz CT molecular complexity index is 642. The van der Waals surface area contributed by atoms with E-state index in [0.717, 1.165) is 23.4 Å². The van der Waals surface area contributed by atoms with Crippen LogP contribution in [0.3, 0.4) is 0 Å². The third kappa shape index (κ3) is 7.52. The van der Waals surface area contributed by atoms with Crippen LogP contribution in [-0.4, -0.2) is 37.6 Å². The van der Waals surface area contributed by atoms with Crippen LogP contribution in [-0.2, 0) is 11.3 Å². The van der Waals surface area contributed by atoms with Gasteiger partial charge >= 0.3 is 0 Å². The second-order valence-electron chi connectivity index (χ2n) is 5.50. The summed E-state index contributed by atoms with van der Waals surface area (Å²) in [7, 11) is 1.62. The van der Waals surface area contributed by atoms with Gasteiger partial charge in [0.05, 0.1) is 19.3 Å². The van der Waals surface area contributed by atoms with Crippen molar-refractivity contribution in [2.75, 3.05) is 32.1 Å². The van der Waals surface area contributed by atoms with Crippen LogP contribution in [0.5, 0.6) is 5.75 Å². The smallest absolute Gasteiger partial charge is 0.242 e. The largest absolute Gasteiger partial charge is 0.495 e. The molecule has 0 aromatic heterocycles. The lowest BCUT2D eigenvalue weighted by Gasteiger charge is -2.23. The maximum absolute atomic E-state index is 12.6. The van der Waals surface area contributed by atoms with Crippen LogP contribution in [0.1, 0.15) is 12.0 Å². The summed E-state index contributed by atoms with van der Waals surface area (Å²) in [5.41, 5.74) is 7.53. The van der Waals surface area contributed by atoms with Crippen molar-refractivity contribution >= 4 is 36.4 Å². The summed E-state index contributed by atoms with van der Waals surface area (Å²) in [5, 5.41) is 3.16. The molecule has 0 saturated carbocycles. The van der Waals surface area contributed by atoms with E-state index >= 15 is 0 Å². The minimum atomic E-state index is 0. The van der Waals surface area contributed by atoms with E-state index in [1.54, 1.807) is 7.11 Å². The van der Waals surface area contributed by atoms with Crippen LogP contribution in [0.15, 0.2) is 54.6 Å². The molecule has 0 unspecified atom stereocenters. The van der Waals surface area contributed by atoms with Crippen molar-refractivity contribution in [1.82, 2.24) is 4.90 Å². The predicted octanol–water partition coefficient (Wildman–Crippen LogP) is 3.33. The number of anilines is 1. The number of benzene rings is 2. The number of carbonyl (C=O) groups excluding carboxylic acids is 1. The number of rotatable bonds is 9. The molecule has 0 radical (unpaired) electrons. The first-order chi connectivity index (χ1) is 11.7. The number of ether oxygens (including phenoxy) is 1. The average Bonchev–Trinajstić information content (AvgIpc) is 2.64. The van der Waals surface area contributed by atoms with Crippen LogP contribution in [0.2, 0.25) is 0 Å². The minimum Gasteiger partial charge on any atom is -0.495 e. The predicted molar refractivity (Wildman–Crippen MR) is 112 cm³/mol. The van der Waals surface area contributed by atoms with Crippen molar-refractivity contribution in [2.24, 2.45) is 5.73 Å². The van der Waals surface area contributed by atoms with Gasteiger partial charge in [-0.3, -0.25) is 4.79 Å². The summed E-state index contributed by atoms with van der Waals surface area (Å²) in [6.45, 7) is 2.03. The fourth-order valence-electron chi connectivity index (χ4n) is 2.45. The molecule has 0 aliphatic carbocycles. The molecule has 2 aromatic carbocycles. The van der Waals surface area contributed by atoms with E-state index < -0.39 is 0 Å². The van der Waals surface area contributed by atoms with Gasteiger partial charge in [0, 0.05) is 13.1 Å². The van der Waals surface area contributed by atoms with Crippen molar-refractivity contribution in [3.8, 4) is 5.75 Å². The van der Waals surface area contributed by atoms with Crippen LogP contribution in [0, 0.1) is 0 Å². The molecule has 0 heterocycles. The van der Waals surface area contributed by atoms with Gasteiger partial charge in [0.1, 0.15) is 5.75 Å². The molecule has 3 N–H and O–H groups in total. The van der Waals surface area contributed by atoms with Crippen molar-refractivity contribution in [2.45, 2.75) is 13.0 Å². The fourth-order valence-corrected chi connectivity index (χ4v) is 2.45. The van der Waals surface area contributed by atoms with Gasteiger partial charge in [-0.15, -0.1) is 24.8 Å². The summed E-state index contributed by atoms with van der Waals surface area (Å²) in [4.78, 5) is 14.4. The molecule has 5 nitrogen and oxygen atoms in total. The summed E-state index contributed by atoms with van der Waals surface area (Å²) in [5.74, 6) is 0.764. The number of para-hydroxylation sites is 2. The maximum atomic E-state index is 12.6. The van der Waals surface area contributed by atoms with Crippen LogP contribution in [0.4, 0.5) is 5.69 Å². The van der Waals surface area contributed by atoms with Gasteiger partial charge in [-0.2, -0.15) is 0 Å². The van der Waals surface area contributed by atoms with E-state index in [0.29, 0.717) is 19.6 Å². The Kier molecular flexibility index (Phi) is 12.3. The van der Waals surface area contributed by atoms with Gasteiger partial charge in [0.2, 0.25) is 5.91 Å². The van der Waals surface area contributed by atoms with Crippen molar-refractivity contribution in [3.05, 3.63) is 60.2 Å². The standard InChI is InChI=1S/C19H25N3O2.2ClH/c1-24-18-11-6-5-10-17(18)21-14-19(23)22(13-7-12-20)15-16-8-3-2-4-9-16;;/h2-6,8-11,21H,7,12-15,20H2,1H3;2*1H. The molecular weight excluding hydrogens is 373 g/mol. The number of nitrogens with two attached hydrogens (primary N) is 1. The molecule has 26 heavy (non-hydrogen) atoms. The second-order valence-corrected chi connectivity index (χ2v) is 5.50. The van der Waals surface area contributed by atoms with E-state index in [9.17, 15) is 4.79 Å². The average molecular weight is 400 g/mol. The van der Waals surface area contributed by atoms with E-state index in [4.69, 9.17) is 10.5 Å². The summed E-state index contributed by atoms with van der Waals surface area (Å²) < 4.78 is 5.29. The number of nitrogens with one attached hydrogen (secondary N) is 1. The Balaban J connectivity index is 0.00000312. The molecule has 1 amide bonds. The Labute approximate surface area is 167 Å². The number of amides is 1. The van der Waals surface area contributed by atoms with E-state index in [1.165, 1.54) is 0 Å². The van der Waals surface area contributed by atoms with Gasteiger partial charge in [0.15, 0.2) is 0 Å². The normalized spacial score (nSPS) is 9.46. The first kappa shape index (κ1) is 24.1. The van der Waals surface area contributed by atoms with Crippen LogP contribution >= 0.6 is 24.8 Å². The maximum Gasteiger partial charge on any atom is 0.242 e. The Morgan fingerprint density at radius 2 is 1.73 bits per heavy atom. The second kappa shape index (κ2) is 13.3. The lowest BCUT2D eigenvalue weighted by atomic mass is 10.2. The highest BCUT2D eigenvalue weighted by atomic mass is 35.5. The number of nitrogens with zero attached hydrogens (tertiary/aromatic N) is 1. The van der Waals surface area contributed by atoms with Crippen molar-refractivity contribution in [1.29, 1.82) is 0 Å². The van der Waals surface area contributed by atoms with Crippen LogP contribution < -0.4 is 15.8 Å². The van der Waals surface area contributed by atoms with E-state index in [2.05, 4.69) is 5.32 Å². The number of methoxy groups -OCH3 is 1. The molecule has 0 fully saturated rings. The Morgan fingerprint density at radius 3 is 2.38 bits per heavy atom. The highest BCUT2D eigenvalue weighted by Gasteiger charge is 2.14. The lowest BCUT2D eigenvalue weighted by Crippen LogP contribution is -2.36. The van der Waals surface area contributed by atoms with Crippen LogP contribution in [0.25, 0.3) is 0 Å². The zero-order valence-electron chi connectivity index (χ0n) is 14.9. The Morgan fingerprint density at radius 1 is 1.08 bits per heavy atom. The first-order valence-corrected chi connectivity index (χ1v) is 8.13. The van der Waals surface area contributed by atoms with Gasteiger partial charge in [-0.1, -0.05) is 42.5 Å². The molecule has 0 spiro atoms. The molecule has 0 aliphatic rings. The summed E-state index contributed by atoms with van der Waals surface area (Å²) in [6, 6.07) is 17.5. The minimum absolute atomic E-state index is 0. The van der Waals surface area contributed by atoms with Gasteiger partial charge in [0.25, 0.3) is 0 Å². The third-order valence-electron chi connectivity index (χ3n) is 3.74. The molecule has 0 atom stereocenters. The summed E-state index contributed by atoms with van der Waals surface area (Å²) >= 11 is 0. The molecule has 0 saturated heterocycles. The Hall–Kier alpha value is -1.95. The zero-order valence-corrected chi connectivity index (χ0v) is 16.5. The number of halogens is 2. The highest BCUT2D eigenvalue weighted by molar-refractivity contribution is 5.85. The molecule has 144 valence electrons. The number of hydrogen-bond donors (Lipinski definition) is 2. The summed E-state index contributed by atoms with van der Waals surface area (Å²) in [6.07, 6.45) is 0.785. The highest BCUT2D eigenvalue weighted by Crippen LogP contribution is 2.22. The molecule has 2 rings (SSSR count).